The van der Waals surface area contributed by atoms with Crippen molar-refractivity contribution in [2.45, 2.75) is 31.9 Å². The van der Waals surface area contributed by atoms with Crippen LogP contribution in [-0.4, -0.2) is 35.0 Å². The Kier molecular flexibility index (Phi) is 5.15. The molecule has 1 saturated carbocycles. The van der Waals surface area contributed by atoms with Crippen LogP contribution in [0.5, 0.6) is 5.75 Å². The number of methoxy groups -OCH3 is 1. The molecule has 0 unspecified atom stereocenters. The van der Waals surface area contributed by atoms with E-state index in [4.69, 9.17) is 4.74 Å². The van der Waals surface area contributed by atoms with Gasteiger partial charge in [0.25, 0.3) is 5.91 Å². The van der Waals surface area contributed by atoms with Crippen molar-refractivity contribution in [2.75, 3.05) is 7.11 Å². The first-order valence-corrected chi connectivity index (χ1v) is 8.88. The van der Waals surface area contributed by atoms with Crippen LogP contribution < -0.4 is 10.1 Å². The molecule has 0 aliphatic heterocycles. The van der Waals surface area contributed by atoms with Gasteiger partial charge in [0.1, 0.15) is 5.75 Å². The van der Waals surface area contributed by atoms with Crippen molar-refractivity contribution in [3.05, 3.63) is 45.9 Å². The lowest BCUT2D eigenvalue weighted by Gasteiger charge is -2.38. The number of ether oxygens (including phenoxy) is 1. The van der Waals surface area contributed by atoms with Gasteiger partial charge in [0.15, 0.2) is 5.78 Å². The van der Waals surface area contributed by atoms with E-state index in [-0.39, 0.29) is 29.8 Å². The minimum Gasteiger partial charge on any atom is -0.495 e. The lowest BCUT2D eigenvalue weighted by molar-refractivity contribution is 0.0235. The molecular formula is C18H20N2O4S. The van der Waals surface area contributed by atoms with Gasteiger partial charge < -0.3 is 15.2 Å². The lowest BCUT2D eigenvalue weighted by atomic mass is 9.75. The third-order valence-electron chi connectivity index (χ3n) is 4.41. The third kappa shape index (κ3) is 3.88. The second-order valence-corrected chi connectivity index (χ2v) is 7.30. The molecule has 0 radical (unpaired) electrons. The molecule has 7 heteroatoms. The van der Waals surface area contributed by atoms with Crippen LogP contribution in [0.4, 0.5) is 0 Å². The van der Waals surface area contributed by atoms with Gasteiger partial charge in [0, 0.05) is 6.20 Å². The molecule has 132 valence electrons. The van der Waals surface area contributed by atoms with Crippen LogP contribution in [0, 0.1) is 5.92 Å². The average Bonchev–Trinajstić information content (AvgIpc) is 3.07. The Labute approximate surface area is 149 Å². The van der Waals surface area contributed by atoms with Crippen molar-refractivity contribution in [1.29, 1.82) is 0 Å². The molecule has 2 N–H and O–H groups in total. The van der Waals surface area contributed by atoms with Gasteiger partial charge in [-0.3, -0.25) is 14.6 Å². The summed E-state index contributed by atoms with van der Waals surface area (Å²) in [4.78, 5) is 29.3. The first-order valence-electron chi connectivity index (χ1n) is 8.06. The molecule has 0 spiro atoms. The fourth-order valence-corrected chi connectivity index (χ4v) is 3.76. The maximum Gasteiger partial charge on any atom is 0.261 e. The number of ketones is 1. The summed E-state index contributed by atoms with van der Waals surface area (Å²) >= 11 is 1.18. The molecule has 2 aromatic heterocycles. The Morgan fingerprint density at radius 2 is 2.04 bits per heavy atom. The van der Waals surface area contributed by atoms with E-state index >= 15 is 0 Å². The van der Waals surface area contributed by atoms with Gasteiger partial charge in [-0.05, 0) is 49.4 Å². The summed E-state index contributed by atoms with van der Waals surface area (Å²) < 4.78 is 5.22. The molecule has 6 nitrogen and oxygen atoms in total. The first-order chi connectivity index (χ1) is 12.0. The monoisotopic (exact) mass is 360 g/mol. The number of thiophene rings is 1. The van der Waals surface area contributed by atoms with E-state index in [1.165, 1.54) is 18.3 Å². The molecule has 25 heavy (non-hydrogen) atoms. The largest absolute Gasteiger partial charge is 0.495 e. The molecule has 3 rings (SSSR count). The molecule has 2 aromatic rings. The summed E-state index contributed by atoms with van der Waals surface area (Å²) in [6.45, 7) is 1.48. The van der Waals surface area contributed by atoms with Crippen LogP contribution in [0.3, 0.4) is 0 Å². The number of hydrogen-bond donors (Lipinski definition) is 2. The van der Waals surface area contributed by atoms with E-state index in [1.54, 1.807) is 31.6 Å². The van der Waals surface area contributed by atoms with Crippen molar-refractivity contribution >= 4 is 23.0 Å². The summed E-state index contributed by atoms with van der Waals surface area (Å²) in [5, 5.41) is 12.7. The van der Waals surface area contributed by atoms with Crippen molar-refractivity contribution in [2.24, 2.45) is 5.92 Å². The summed E-state index contributed by atoms with van der Waals surface area (Å²) in [6, 6.07) is 4.91. The SMILES string of the molecule is COc1cncc([C@@H](NC(=O)c2ccc(C(C)=O)s2)C2CC(O)C2)c1. The minimum absolute atomic E-state index is 0.0558. The van der Waals surface area contributed by atoms with Crippen LogP contribution in [-0.2, 0) is 0 Å². The van der Waals surface area contributed by atoms with Gasteiger partial charge in [-0.25, -0.2) is 0 Å². The van der Waals surface area contributed by atoms with E-state index in [0.29, 0.717) is 28.3 Å². The highest BCUT2D eigenvalue weighted by Gasteiger charge is 2.36. The molecule has 2 heterocycles. The van der Waals surface area contributed by atoms with E-state index in [9.17, 15) is 14.7 Å². The maximum absolute atomic E-state index is 12.6. The Morgan fingerprint density at radius 3 is 2.64 bits per heavy atom. The molecule has 1 aliphatic carbocycles. The molecule has 0 saturated heterocycles. The number of aliphatic hydroxyl groups excluding tert-OH is 1. The zero-order valence-corrected chi connectivity index (χ0v) is 14.9. The molecule has 0 bridgehead atoms. The molecule has 1 aliphatic rings. The second kappa shape index (κ2) is 7.33. The Bertz CT molecular complexity index is 783. The zero-order valence-electron chi connectivity index (χ0n) is 14.1. The normalized spacial score (nSPS) is 20.4. The highest BCUT2D eigenvalue weighted by Crippen LogP contribution is 2.38. The van der Waals surface area contributed by atoms with Crippen LogP contribution >= 0.6 is 11.3 Å². The Morgan fingerprint density at radius 1 is 1.32 bits per heavy atom. The summed E-state index contributed by atoms with van der Waals surface area (Å²) in [7, 11) is 1.57. The fourth-order valence-electron chi connectivity index (χ4n) is 2.95. The number of hydrogen-bond acceptors (Lipinski definition) is 6. The van der Waals surface area contributed by atoms with Crippen molar-refractivity contribution in [3.8, 4) is 5.75 Å². The molecule has 1 fully saturated rings. The number of pyridine rings is 1. The predicted octanol–water partition coefficient (Wildman–Crippen LogP) is 2.60. The maximum atomic E-state index is 12.6. The second-order valence-electron chi connectivity index (χ2n) is 6.21. The fraction of sp³-hybridized carbons (Fsp3) is 0.389. The van der Waals surface area contributed by atoms with Crippen LogP contribution in [0.2, 0.25) is 0 Å². The van der Waals surface area contributed by atoms with E-state index in [0.717, 1.165) is 5.56 Å². The highest BCUT2D eigenvalue weighted by molar-refractivity contribution is 7.15. The van der Waals surface area contributed by atoms with E-state index in [1.807, 2.05) is 6.07 Å². The smallest absolute Gasteiger partial charge is 0.261 e. The van der Waals surface area contributed by atoms with E-state index in [2.05, 4.69) is 10.3 Å². The summed E-state index contributed by atoms with van der Waals surface area (Å²) in [5.74, 6) is 0.470. The van der Waals surface area contributed by atoms with Gasteiger partial charge in [-0.2, -0.15) is 0 Å². The number of amides is 1. The van der Waals surface area contributed by atoms with Gasteiger partial charge in [0.05, 0.1) is 35.2 Å². The van der Waals surface area contributed by atoms with Crippen LogP contribution in [0.1, 0.15) is 50.7 Å². The number of rotatable bonds is 6. The van der Waals surface area contributed by atoms with Gasteiger partial charge in [-0.15, -0.1) is 11.3 Å². The number of nitrogens with one attached hydrogen (secondary N) is 1. The zero-order chi connectivity index (χ0) is 18.0. The number of carbonyl (C=O) groups is 2. The lowest BCUT2D eigenvalue weighted by Crippen LogP contribution is -2.41. The Balaban J connectivity index is 1.81. The highest BCUT2D eigenvalue weighted by atomic mass is 32.1. The molecular weight excluding hydrogens is 340 g/mol. The predicted molar refractivity (Wildman–Crippen MR) is 94.1 cm³/mol. The van der Waals surface area contributed by atoms with Crippen molar-refractivity contribution in [1.82, 2.24) is 10.3 Å². The molecule has 0 aromatic carbocycles. The van der Waals surface area contributed by atoms with Crippen LogP contribution in [0.25, 0.3) is 0 Å². The summed E-state index contributed by atoms with van der Waals surface area (Å²) in [5.41, 5.74) is 0.841. The third-order valence-corrected chi connectivity index (χ3v) is 5.60. The van der Waals surface area contributed by atoms with E-state index < -0.39 is 0 Å². The van der Waals surface area contributed by atoms with Gasteiger partial charge >= 0.3 is 0 Å². The number of Topliss-reactive ketones (excluding diaryl/α,β-unsaturated/α-hetero) is 1. The van der Waals surface area contributed by atoms with Crippen molar-refractivity contribution < 1.29 is 19.4 Å². The standard InChI is InChI=1S/C18H20N2O4S/c1-10(21)15-3-4-16(25-15)18(23)20-17(11-5-13(22)6-11)12-7-14(24-2)9-19-8-12/h3-4,7-9,11,13,17,22H,5-6H2,1-2H3,(H,20,23)/t11?,13?,17-/m0/s1. The topological polar surface area (TPSA) is 88.5 Å². The van der Waals surface area contributed by atoms with Gasteiger partial charge in [0.2, 0.25) is 0 Å². The quantitative estimate of drug-likeness (QED) is 0.773. The minimum atomic E-state index is -0.325. The number of aromatic nitrogens is 1. The van der Waals surface area contributed by atoms with Crippen LogP contribution in [0.15, 0.2) is 30.6 Å². The molecule has 1 amide bonds. The Hall–Kier alpha value is -2.25. The first kappa shape index (κ1) is 17.6. The van der Waals surface area contributed by atoms with Gasteiger partial charge in [-0.1, -0.05) is 0 Å². The van der Waals surface area contributed by atoms with Crippen molar-refractivity contribution in [3.63, 3.8) is 0 Å². The number of nitrogens with zero attached hydrogens (tertiary/aromatic N) is 1. The number of carbonyl (C=O) groups excluding carboxylic acids is 2. The summed E-state index contributed by atoms with van der Waals surface area (Å²) in [6.07, 6.45) is 4.25. The number of aliphatic hydroxyl groups is 1. The molecule has 1 atom stereocenters. The average molecular weight is 360 g/mol.